The van der Waals surface area contributed by atoms with Crippen LogP contribution in [0.5, 0.6) is 5.75 Å². The molecule has 1 heterocycles. The zero-order valence-electron chi connectivity index (χ0n) is 17.1. The van der Waals surface area contributed by atoms with Crippen LogP contribution >= 0.6 is 11.6 Å². The molecule has 1 atom stereocenters. The van der Waals surface area contributed by atoms with Gasteiger partial charge in [-0.25, -0.2) is 4.79 Å². The van der Waals surface area contributed by atoms with Gasteiger partial charge in [0.1, 0.15) is 18.5 Å². The van der Waals surface area contributed by atoms with Crippen molar-refractivity contribution in [2.45, 2.75) is 12.5 Å². The quantitative estimate of drug-likeness (QED) is 0.514. The summed E-state index contributed by atoms with van der Waals surface area (Å²) in [4.78, 5) is 26.9. The average molecular weight is 436 g/mol. The lowest BCUT2D eigenvalue weighted by Crippen LogP contribution is -2.31. The molecular formula is C25H22ClNO4. The largest absolute Gasteiger partial charge is 0.492 e. The fourth-order valence-corrected chi connectivity index (χ4v) is 3.66. The molecule has 0 aromatic heterocycles. The summed E-state index contributed by atoms with van der Waals surface area (Å²) in [7, 11) is 1.73. The number of rotatable bonds is 6. The highest BCUT2D eigenvalue weighted by molar-refractivity contribution is 6.30. The molecule has 5 nitrogen and oxygen atoms in total. The van der Waals surface area contributed by atoms with E-state index in [4.69, 9.17) is 21.1 Å². The number of amides is 1. The van der Waals surface area contributed by atoms with Crippen LogP contribution in [0, 0.1) is 0 Å². The molecule has 0 aliphatic carbocycles. The number of hydrogen-bond acceptors (Lipinski definition) is 4. The van der Waals surface area contributed by atoms with Crippen LogP contribution in [0.1, 0.15) is 37.9 Å². The van der Waals surface area contributed by atoms with E-state index in [0.29, 0.717) is 41.5 Å². The second kappa shape index (κ2) is 9.23. The fourth-order valence-electron chi connectivity index (χ4n) is 3.54. The van der Waals surface area contributed by atoms with E-state index in [1.165, 1.54) is 0 Å². The van der Waals surface area contributed by atoms with E-state index in [9.17, 15) is 9.59 Å². The van der Waals surface area contributed by atoms with Crippen LogP contribution in [0.4, 0.5) is 0 Å². The molecule has 3 aromatic rings. The van der Waals surface area contributed by atoms with E-state index in [0.717, 1.165) is 11.1 Å². The van der Waals surface area contributed by atoms with Crippen LogP contribution in [0.25, 0.3) is 0 Å². The van der Waals surface area contributed by atoms with Crippen LogP contribution < -0.4 is 4.74 Å². The lowest BCUT2D eigenvalue weighted by molar-refractivity contribution is 0.0252. The normalized spacial score (nSPS) is 15.0. The number of carbonyl (C=O) groups excluding carboxylic acids is 2. The number of cyclic esters (lactones) is 1. The summed E-state index contributed by atoms with van der Waals surface area (Å²) in [6.45, 7) is 0.782. The summed E-state index contributed by atoms with van der Waals surface area (Å²) in [6.07, 6.45) is 0.187. The minimum atomic E-state index is -0.362. The third-order valence-corrected chi connectivity index (χ3v) is 5.51. The van der Waals surface area contributed by atoms with E-state index in [1.54, 1.807) is 54.4 Å². The summed E-state index contributed by atoms with van der Waals surface area (Å²) in [5.74, 6) is 0.209. The molecular weight excluding hydrogens is 414 g/mol. The number of carbonyl (C=O) groups is 2. The van der Waals surface area contributed by atoms with Crippen molar-refractivity contribution in [3.8, 4) is 5.75 Å². The number of halogens is 1. The molecule has 0 bridgehead atoms. The minimum absolute atomic E-state index is 0.127. The first-order valence-electron chi connectivity index (χ1n) is 10.0. The SMILES string of the molecule is CN(CCOc1ccc(Cl)cc1)C(=O)c1ccc2c(c1)C[C@H](c1ccccc1)OC2=O. The predicted molar refractivity (Wildman–Crippen MR) is 119 cm³/mol. The van der Waals surface area contributed by atoms with Gasteiger partial charge in [0.2, 0.25) is 0 Å². The van der Waals surface area contributed by atoms with Gasteiger partial charge in [0.25, 0.3) is 5.91 Å². The molecule has 0 radical (unpaired) electrons. The first-order valence-corrected chi connectivity index (χ1v) is 10.4. The van der Waals surface area contributed by atoms with Crippen LogP contribution in [0.15, 0.2) is 72.8 Å². The fraction of sp³-hybridized carbons (Fsp3) is 0.200. The number of fused-ring (bicyclic) bond motifs is 1. The second-order valence-electron chi connectivity index (χ2n) is 7.41. The Morgan fingerprint density at radius 3 is 2.58 bits per heavy atom. The summed E-state index contributed by atoms with van der Waals surface area (Å²) >= 11 is 5.87. The van der Waals surface area contributed by atoms with Crippen LogP contribution in [0.2, 0.25) is 5.02 Å². The molecule has 0 fully saturated rings. The van der Waals surface area contributed by atoms with Gasteiger partial charge in [-0.15, -0.1) is 0 Å². The Bertz CT molecular complexity index is 1080. The van der Waals surface area contributed by atoms with Gasteiger partial charge in [-0.2, -0.15) is 0 Å². The van der Waals surface area contributed by atoms with Gasteiger partial charge >= 0.3 is 5.97 Å². The highest BCUT2D eigenvalue weighted by Crippen LogP contribution is 2.31. The molecule has 6 heteroatoms. The molecule has 0 saturated heterocycles. The smallest absolute Gasteiger partial charge is 0.339 e. The van der Waals surface area contributed by atoms with E-state index in [2.05, 4.69) is 0 Å². The number of ether oxygens (including phenoxy) is 2. The predicted octanol–water partition coefficient (Wildman–Crippen LogP) is 4.95. The van der Waals surface area contributed by atoms with Crippen LogP contribution in [-0.2, 0) is 11.2 Å². The minimum Gasteiger partial charge on any atom is -0.492 e. The summed E-state index contributed by atoms with van der Waals surface area (Å²) in [5, 5.41) is 0.644. The zero-order valence-corrected chi connectivity index (χ0v) is 17.8. The Morgan fingerprint density at radius 2 is 1.84 bits per heavy atom. The number of esters is 1. The average Bonchev–Trinajstić information content (AvgIpc) is 2.80. The first-order chi connectivity index (χ1) is 15.0. The van der Waals surface area contributed by atoms with Gasteiger partial charge in [0.15, 0.2) is 0 Å². The Labute approximate surface area is 186 Å². The molecule has 0 N–H and O–H groups in total. The Morgan fingerprint density at radius 1 is 1.10 bits per heavy atom. The van der Waals surface area contributed by atoms with Crippen molar-refractivity contribution in [2.24, 2.45) is 0 Å². The van der Waals surface area contributed by atoms with E-state index >= 15 is 0 Å². The third-order valence-electron chi connectivity index (χ3n) is 5.25. The van der Waals surface area contributed by atoms with Crippen LogP contribution in [0.3, 0.4) is 0 Å². The second-order valence-corrected chi connectivity index (χ2v) is 7.85. The molecule has 0 spiro atoms. The highest BCUT2D eigenvalue weighted by atomic mass is 35.5. The van der Waals surface area contributed by atoms with Gasteiger partial charge in [-0.3, -0.25) is 4.79 Å². The monoisotopic (exact) mass is 435 g/mol. The molecule has 0 saturated carbocycles. The highest BCUT2D eigenvalue weighted by Gasteiger charge is 2.28. The first kappa shape index (κ1) is 20.9. The van der Waals surface area contributed by atoms with Crippen molar-refractivity contribution in [2.75, 3.05) is 20.2 Å². The van der Waals surface area contributed by atoms with Crippen molar-refractivity contribution >= 4 is 23.5 Å². The molecule has 158 valence electrons. The maximum atomic E-state index is 12.9. The van der Waals surface area contributed by atoms with E-state index < -0.39 is 0 Å². The lowest BCUT2D eigenvalue weighted by Gasteiger charge is -2.26. The molecule has 1 aliphatic heterocycles. The summed E-state index contributed by atoms with van der Waals surface area (Å²) < 4.78 is 11.3. The molecule has 4 rings (SSSR count). The molecule has 1 amide bonds. The van der Waals surface area contributed by atoms with Gasteiger partial charge in [0, 0.05) is 24.1 Å². The maximum Gasteiger partial charge on any atom is 0.339 e. The molecule has 31 heavy (non-hydrogen) atoms. The van der Waals surface area contributed by atoms with E-state index in [1.807, 2.05) is 30.3 Å². The van der Waals surface area contributed by atoms with Crippen molar-refractivity contribution in [3.05, 3.63) is 100 Å². The number of nitrogens with zero attached hydrogens (tertiary/aromatic N) is 1. The molecule has 3 aromatic carbocycles. The van der Waals surface area contributed by atoms with Crippen molar-refractivity contribution < 1.29 is 19.1 Å². The van der Waals surface area contributed by atoms with E-state index in [-0.39, 0.29) is 18.0 Å². The Hall–Kier alpha value is -3.31. The van der Waals surface area contributed by atoms with Crippen molar-refractivity contribution in [1.29, 1.82) is 0 Å². The number of likely N-dealkylation sites (N-methyl/N-ethyl adjacent to an activating group) is 1. The number of hydrogen-bond donors (Lipinski definition) is 0. The summed E-state index contributed by atoms with van der Waals surface area (Å²) in [5.41, 5.74) is 2.81. The maximum absolute atomic E-state index is 12.9. The van der Waals surface area contributed by atoms with Gasteiger partial charge in [0.05, 0.1) is 12.1 Å². The lowest BCUT2D eigenvalue weighted by atomic mass is 9.93. The van der Waals surface area contributed by atoms with Gasteiger partial charge in [-0.05, 0) is 53.6 Å². The van der Waals surface area contributed by atoms with Crippen molar-refractivity contribution in [3.63, 3.8) is 0 Å². The van der Waals surface area contributed by atoms with Crippen molar-refractivity contribution in [1.82, 2.24) is 4.90 Å². The van der Waals surface area contributed by atoms with Crippen LogP contribution in [-0.4, -0.2) is 37.0 Å². The van der Waals surface area contributed by atoms with Gasteiger partial charge in [-0.1, -0.05) is 41.9 Å². The zero-order chi connectivity index (χ0) is 21.8. The molecule has 0 unspecified atom stereocenters. The molecule has 1 aliphatic rings. The Kier molecular flexibility index (Phi) is 6.23. The number of benzene rings is 3. The third kappa shape index (κ3) is 4.89. The standard InChI is InChI=1S/C25H22ClNO4/c1-27(13-14-30-21-10-8-20(26)9-11-21)24(28)18-7-12-22-19(15-18)16-23(31-25(22)29)17-5-3-2-4-6-17/h2-12,15,23H,13-14,16H2,1H3/t23-/m1/s1. The van der Waals surface area contributed by atoms with Gasteiger partial charge < -0.3 is 14.4 Å². The topological polar surface area (TPSA) is 55.8 Å². The Balaban J connectivity index is 1.42. The summed E-state index contributed by atoms with van der Waals surface area (Å²) in [6, 6.07) is 21.9.